The monoisotopic (exact) mass is 954 g/mol. The minimum absolute atomic E-state index is 0.0545. The Bertz CT molecular complexity index is 2260. The first kappa shape index (κ1) is 51.9. The predicted octanol–water partition coefficient (Wildman–Crippen LogP) is 7.15. The van der Waals surface area contributed by atoms with Crippen molar-refractivity contribution in [2.24, 2.45) is 11.8 Å². The van der Waals surface area contributed by atoms with Crippen LogP contribution in [0.2, 0.25) is 0 Å². The van der Waals surface area contributed by atoms with Gasteiger partial charge in [0.05, 0.1) is 36.2 Å². The molecule has 360 valence electrons. The molecule has 2 saturated heterocycles. The molecule has 0 bridgehead atoms. The van der Waals surface area contributed by atoms with Crippen LogP contribution in [0.15, 0.2) is 114 Å². The van der Waals surface area contributed by atoms with Crippen LogP contribution in [0, 0.1) is 11.8 Å². The maximum atomic E-state index is 14.3. The number of aliphatic hydroxyl groups excluding tert-OH is 2. The molecule has 2 amide bonds. The number of sulfonamides is 1. The minimum atomic E-state index is -4.21. The summed E-state index contributed by atoms with van der Waals surface area (Å²) >= 11 is 0. The number of amides is 2. The number of anilines is 1. The van der Waals surface area contributed by atoms with Crippen LogP contribution in [-0.4, -0.2) is 105 Å². The molecule has 6 atom stereocenters. The third-order valence-corrected chi connectivity index (χ3v) is 13.9. The highest BCUT2D eigenvalue weighted by atomic mass is 32.2. The molecule has 19 heteroatoms. The smallest absolute Gasteiger partial charge is 0.411 e. The number of hydrogen-bond acceptors (Lipinski definition) is 13. The van der Waals surface area contributed by atoms with Crippen LogP contribution in [0.5, 0.6) is 11.5 Å². The van der Waals surface area contributed by atoms with E-state index in [0.29, 0.717) is 30.0 Å². The zero-order valence-electron chi connectivity index (χ0n) is 38.0. The van der Waals surface area contributed by atoms with Crippen LogP contribution < -0.4 is 25.0 Å². The van der Waals surface area contributed by atoms with E-state index < -0.39 is 54.3 Å². The van der Waals surface area contributed by atoms with E-state index in [0.717, 1.165) is 5.56 Å². The Hall–Kier alpha value is -5.04. The van der Waals surface area contributed by atoms with Gasteiger partial charge in [-0.15, -0.1) is 0 Å². The lowest BCUT2D eigenvalue weighted by atomic mass is 10.0. The van der Waals surface area contributed by atoms with Gasteiger partial charge in [-0.2, -0.15) is 4.31 Å². The molecular formula is C47H63N4O13PS. The molecule has 17 nitrogen and oxygen atoms in total. The molecule has 2 fully saturated rings. The van der Waals surface area contributed by atoms with E-state index in [2.05, 4.69) is 15.7 Å². The standard InChI is InChI=1S/C45H57N4O12PS.C2H6O/c1-31(2)26-49(63(54,55)38-21-19-36(20-22-38)59-30-62(53,48-32(3)4)61-37-13-9-6-10-14-37)27-41(50)40(47-45(52)60-42-29-57-43-39(42)23-24-56-43)25-33-15-17-35(18-16-33)46-44(51)58-28-34-11-7-5-8-12-34;1-2-3/h5-22,31-32,39-43,50H,23-30H2,1-4H3,(H,46,51)(H,47,52)(H,48,53);3H,2H2,1H3/t39-,40-,41+,42-,43+,62?;/m0./s1. The van der Waals surface area contributed by atoms with Crippen molar-refractivity contribution in [2.45, 2.75) is 89.5 Å². The number of carbonyl (C=O) groups excluding carboxylic acids is 2. The summed E-state index contributed by atoms with van der Waals surface area (Å²) in [5.74, 6) is 0.418. The lowest BCUT2D eigenvalue weighted by Crippen LogP contribution is -2.51. The first-order valence-corrected chi connectivity index (χ1v) is 25.2. The second kappa shape index (κ2) is 25.2. The van der Waals surface area contributed by atoms with Crippen molar-refractivity contribution in [1.82, 2.24) is 14.7 Å². The molecule has 0 saturated carbocycles. The molecule has 66 heavy (non-hydrogen) atoms. The normalized spacial score (nSPS) is 18.6. The van der Waals surface area contributed by atoms with E-state index in [1.165, 1.54) is 28.6 Å². The number of aliphatic hydroxyl groups is 2. The van der Waals surface area contributed by atoms with Gasteiger partial charge in [0, 0.05) is 31.4 Å². The van der Waals surface area contributed by atoms with Crippen molar-refractivity contribution >= 4 is 35.4 Å². The van der Waals surface area contributed by atoms with Crippen LogP contribution in [0.4, 0.5) is 15.3 Å². The number of rotatable bonds is 21. The molecule has 5 N–H and O–H groups in total. The zero-order chi connectivity index (χ0) is 47.7. The van der Waals surface area contributed by atoms with Gasteiger partial charge in [0.2, 0.25) is 10.0 Å². The number of hydrogen-bond donors (Lipinski definition) is 5. The summed E-state index contributed by atoms with van der Waals surface area (Å²) < 4.78 is 77.4. The first-order valence-electron chi connectivity index (χ1n) is 22.0. The van der Waals surface area contributed by atoms with E-state index >= 15 is 0 Å². The van der Waals surface area contributed by atoms with Crippen LogP contribution in [0.1, 0.15) is 52.2 Å². The second-order valence-corrected chi connectivity index (χ2v) is 20.5. The molecule has 4 aromatic rings. The van der Waals surface area contributed by atoms with Gasteiger partial charge in [-0.1, -0.05) is 74.5 Å². The fraction of sp³-hybridized carbons (Fsp3) is 0.447. The van der Waals surface area contributed by atoms with E-state index in [4.69, 9.17) is 33.3 Å². The Morgan fingerprint density at radius 2 is 1.50 bits per heavy atom. The van der Waals surface area contributed by atoms with E-state index in [9.17, 15) is 27.7 Å². The van der Waals surface area contributed by atoms with Crippen molar-refractivity contribution in [2.75, 3.05) is 44.6 Å². The summed E-state index contributed by atoms with van der Waals surface area (Å²) in [4.78, 5) is 25.9. The van der Waals surface area contributed by atoms with Gasteiger partial charge >= 0.3 is 19.7 Å². The number of nitrogens with zero attached hydrogens (tertiary/aromatic N) is 1. The SMILES string of the molecule is CC(C)CN(C[C@@H](O)[C@H](Cc1ccc(NC(=O)OCc2ccccc2)cc1)NC(=O)O[C@H]1CO[C@H]2OCC[C@H]21)S(=O)(=O)c1ccc(OCP(=O)(NC(C)C)Oc2ccccc2)cc1.CCO. The van der Waals surface area contributed by atoms with Crippen LogP contribution in [0.25, 0.3) is 0 Å². The van der Waals surface area contributed by atoms with E-state index in [1.54, 1.807) is 55.5 Å². The summed E-state index contributed by atoms with van der Waals surface area (Å²) in [5.41, 5.74) is 1.98. The molecule has 4 aromatic carbocycles. The highest BCUT2D eigenvalue weighted by molar-refractivity contribution is 7.89. The Labute approximate surface area is 387 Å². The summed E-state index contributed by atoms with van der Waals surface area (Å²) in [6.07, 6.45) is -3.41. The molecule has 2 aliphatic heterocycles. The fourth-order valence-electron chi connectivity index (χ4n) is 7.17. The Morgan fingerprint density at radius 3 is 2.14 bits per heavy atom. The number of ether oxygens (including phenoxy) is 5. The molecule has 2 heterocycles. The number of carbonyl (C=O) groups is 2. The van der Waals surface area contributed by atoms with Crippen LogP contribution in [0.3, 0.4) is 0 Å². The number of nitrogens with one attached hydrogen (secondary N) is 3. The Kier molecular flexibility index (Phi) is 19.8. The fourth-order valence-corrected chi connectivity index (χ4v) is 10.5. The third-order valence-electron chi connectivity index (χ3n) is 10.2. The van der Waals surface area contributed by atoms with Crippen molar-refractivity contribution < 1.29 is 61.0 Å². The quantitative estimate of drug-likeness (QED) is 0.0524. The summed E-state index contributed by atoms with van der Waals surface area (Å²) in [5, 5.41) is 27.9. The number of benzene rings is 4. The third kappa shape index (κ3) is 16.1. The highest BCUT2D eigenvalue weighted by Crippen LogP contribution is 2.44. The summed E-state index contributed by atoms with van der Waals surface area (Å²) in [6, 6.07) is 29.3. The zero-order valence-corrected chi connectivity index (χ0v) is 39.7. The van der Waals surface area contributed by atoms with Gasteiger partial charge in [-0.3, -0.25) is 9.88 Å². The molecule has 2 aliphatic rings. The van der Waals surface area contributed by atoms with Crippen molar-refractivity contribution in [3.63, 3.8) is 0 Å². The lowest BCUT2D eigenvalue weighted by Gasteiger charge is -2.31. The Balaban J connectivity index is 0.00000265. The molecule has 0 aromatic heterocycles. The summed E-state index contributed by atoms with van der Waals surface area (Å²) in [7, 11) is -7.75. The Morgan fingerprint density at radius 1 is 0.848 bits per heavy atom. The van der Waals surface area contributed by atoms with E-state index in [-0.39, 0.29) is 74.2 Å². The average molecular weight is 955 g/mol. The molecule has 0 spiro atoms. The van der Waals surface area contributed by atoms with Gasteiger partial charge < -0.3 is 43.7 Å². The van der Waals surface area contributed by atoms with Crippen LogP contribution >= 0.6 is 7.52 Å². The lowest BCUT2D eigenvalue weighted by molar-refractivity contribution is -0.0907. The molecule has 0 aliphatic carbocycles. The van der Waals surface area contributed by atoms with Crippen LogP contribution in [-0.2, 0) is 46.6 Å². The van der Waals surface area contributed by atoms with Gasteiger partial charge in [-0.05, 0) is 99.2 Å². The van der Waals surface area contributed by atoms with Crippen molar-refractivity contribution in [3.05, 3.63) is 120 Å². The largest absolute Gasteiger partial charge is 0.481 e. The highest BCUT2D eigenvalue weighted by Gasteiger charge is 2.44. The number of para-hydroxylation sites is 1. The first-order chi connectivity index (χ1) is 31.6. The molecular weight excluding hydrogens is 892 g/mol. The summed E-state index contributed by atoms with van der Waals surface area (Å²) in [6.45, 7) is 9.75. The predicted molar refractivity (Wildman–Crippen MR) is 249 cm³/mol. The van der Waals surface area contributed by atoms with Gasteiger partial charge in [0.1, 0.15) is 24.2 Å². The molecule has 0 radical (unpaired) electrons. The van der Waals surface area contributed by atoms with Crippen molar-refractivity contribution in [1.29, 1.82) is 0 Å². The maximum Gasteiger partial charge on any atom is 0.411 e. The van der Waals surface area contributed by atoms with Crippen molar-refractivity contribution in [3.8, 4) is 11.5 Å². The van der Waals surface area contributed by atoms with E-state index in [1.807, 2.05) is 64.1 Å². The second-order valence-electron chi connectivity index (χ2n) is 16.5. The van der Waals surface area contributed by atoms with Gasteiger partial charge in [0.25, 0.3) is 0 Å². The average Bonchev–Trinajstić information content (AvgIpc) is 3.91. The minimum Gasteiger partial charge on any atom is -0.481 e. The number of alkyl carbamates (subject to hydrolysis) is 1. The topological polar surface area (TPSA) is 221 Å². The maximum absolute atomic E-state index is 14.3. The van der Waals surface area contributed by atoms with Gasteiger partial charge in [-0.25, -0.2) is 23.1 Å². The molecule has 1 unspecified atom stereocenters. The molecule has 6 rings (SSSR count). The van der Waals surface area contributed by atoms with Gasteiger partial charge in [0.15, 0.2) is 12.6 Å². The number of fused-ring (bicyclic) bond motifs is 1.